The Hall–Kier alpha value is -2.87. The molecular formula is C32H40O2. The summed E-state index contributed by atoms with van der Waals surface area (Å²) < 4.78 is 0. The Balaban J connectivity index is 1.88. The second-order valence-electron chi connectivity index (χ2n) is 9.43. The Kier molecular flexibility index (Phi) is 10.4. The predicted octanol–water partition coefficient (Wildman–Crippen LogP) is 8.76. The molecule has 3 rings (SSSR count). The largest absolute Gasteiger partial charge is 0.480 e. The fourth-order valence-electron chi connectivity index (χ4n) is 5.34. The molecule has 0 aliphatic heterocycles. The molecule has 3 aromatic carbocycles. The van der Waals surface area contributed by atoms with E-state index in [4.69, 9.17) is 0 Å². The monoisotopic (exact) mass is 456 g/mol. The van der Waals surface area contributed by atoms with Crippen molar-refractivity contribution in [3.8, 4) is 0 Å². The van der Waals surface area contributed by atoms with Gasteiger partial charge in [0, 0.05) is 5.92 Å². The summed E-state index contributed by atoms with van der Waals surface area (Å²) >= 11 is 0. The SMILES string of the molecule is CCCCCCCCCCCC(c1ccccc1)C(C(=O)O)(c1ccccc1)c1ccccc1. The zero-order chi connectivity index (χ0) is 24.1. The van der Waals surface area contributed by atoms with Crippen LogP contribution in [0.4, 0.5) is 0 Å². The average Bonchev–Trinajstić information content (AvgIpc) is 2.88. The Bertz CT molecular complexity index is 911. The topological polar surface area (TPSA) is 37.3 Å². The minimum atomic E-state index is -1.13. The molecule has 2 heteroatoms. The van der Waals surface area contributed by atoms with Gasteiger partial charge in [-0.05, 0) is 23.1 Å². The van der Waals surface area contributed by atoms with Crippen LogP contribution in [0.1, 0.15) is 93.7 Å². The number of carbonyl (C=O) groups is 1. The zero-order valence-electron chi connectivity index (χ0n) is 20.7. The molecule has 0 saturated carbocycles. The molecule has 0 bridgehead atoms. The fourth-order valence-corrected chi connectivity index (χ4v) is 5.34. The Labute approximate surface area is 206 Å². The summed E-state index contributed by atoms with van der Waals surface area (Å²) in [5.41, 5.74) is 1.65. The van der Waals surface area contributed by atoms with E-state index in [0.29, 0.717) is 0 Å². The van der Waals surface area contributed by atoms with Crippen molar-refractivity contribution in [1.82, 2.24) is 0 Å². The standard InChI is InChI=1S/C32H40O2/c1-2-3-4-5-6-7-8-9-19-26-30(27-20-13-10-14-21-27)32(31(33)34,28-22-15-11-16-23-28)29-24-17-12-18-25-29/h10-18,20-25,30H,2-9,19,26H2,1H3,(H,33,34). The van der Waals surface area contributed by atoms with Gasteiger partial charge in [-0.1, -0.05) is 156 Å². The summed E-state index contributed by atoms with van der Waals surface area (Å²) in [4.78, 5) is 13.3. The van der Waals surface area contributed by atoms with Crippen LogP contribution in [-0.4, -0.2) is 11.1 Å². The molecular weight excluding hydrogens is 416 g/mol. The van der Waals surface area contributed by atoms with Gasteiger partial charge in [0.1, 0.15) is 5.41 Å². The van der Waals surface area contributed by atoms with Crippen LogP contribution in [-0.2, 0) is 10.2 Å². The smallest absolute Gasteiger partial charge is 0.319 e. The summed E-state index contributed by atoms with van der Waals surface area (Å²) in [5.74, 6) is -0.935. The molecule has 0 aliphatic carbocycles. The summed E-state index contributed by atoms with van der Waals surface area (Å²) in [6, 6.07) is 29.9. The first-order valence-electron chi connectivity index (χ1n) is 13.1. The quantitative estimate of drug-likeness (QED) is 0.232. The lowest BCUT2D eigenvalue weighted by atomic mass is 9.62. The molecule has 0 aliphatic rings. The maximum absolute atomic E-state index is 13.3. The lowest BCUT2D eigenvalue weighted by Crippen LogP contribution is -2.43. The van der Waals surface area contributed by atoms with Crippen molar-refractivity contribution in [2.24, 2.45) is 0 Å². The molecule has 0 aromatic heterocycles. The number of hydrogen-bond donors (Lipinski definition) is 1. The van der Waals surface area contributed by atoms with Gasteiger partial charge in [0.25, 0.3) is 0 Å². The highest BCUT2D eigenvalue weighted by atomic mass is 16.4. The van der Waals surface area contributed by atoms with E-state index in [1.807, 2.05) is 78.9 Å². The number of carboxylic acids is 1. The van der Waals surface area contributed by atoms with Gasteiger partial charge in [0.15, 0.2) is 0 Å². The second kappa shape index (κ2) is 13.7. The molecule has 3 aromatic rings. The third kappa shape index (κ3) is 6.38. The Morgan fingerprint density at radius 2 is 1.06 bits per heavy atom. The number of aliphatic carboxylic acids is 1. The minimum Gasteiger partial charge on any atom is -0.480 e. The lowest BCUT2D eigenvalue weighted by molar-refractivity contribution is -0.143. The van der Waals surface area contributed by atoms with Crippen LogP contribution in [0.15, 0.2) is 91.0 Å². The van der Waals surface area contributed by atoms with Gasteiger partial charge >= 0.3 is 5.97 Å². The van der Waals surface area contributed by atoms with E-state index in [-0.39, 0.29) is 5.92 Å². The van der Waals surface area contributed by atoms with E-state index in [1.54, 1.807) is 0 Å². The van der Waals surface area contributed by atoms with Crippen LogP contribution in [0.2, 0.25) is 0 Å². The molecule has 1 atom stereocenters. The van der Waals surface area contributed by atoms with E-state index in [2.05, 4.69) is 19.1 Å². The van der Waals surface area contributed by atoms with E-state index < -0.39 is 11.4 Å². The molecule has 180 valence electrons. The van der Waals surface area contributed by atoms with Crippen molar-refractivity contribution < 1.29 is 9.90 Å². The Morgan fingerprint density at radius 3 is 1.50 bits per heavy atom. The van der Waals surface area contributed by atoms with Gasteiger partial charge in [0.05, 0.1) is 0 Å². The number of rotatable bonds is 15. The highest BCUT2D eigenvalue weighted by Gasteiger charge is 2.49. The number of unbranched alkanes of at least 4 members (excludes halogenated alkanes) is 8. The molecule has 1 N–H and O–H groups in total. The van der Waals surface area contributed by atoms with Gasteiger partial charge in [0.2, 0.25) is 0 Å². The molecule has 0 heterocycles. The number of hydrogen-bond acceptors (Lipinski definition) is 1. The number of benzene rings is 3. The summed E-state index contributed by atoms with van der Waals surface area (Å²) in [7, 11) is 0. The van der Waals surface area contributed by atoms with Crippen molar-refractivity contribution >= 4 is 5.97 Å². The van der Waals surface area contributed by atoms with E-state index in [0.717, 1.165) is 36.0 Å². The molecule has 0 radical (unpaired) electrons. The Morgan fingerprint density at radius 1 is 0.647 bits per heavy atom. The summed E-state index contributed by atoms with van der Waals surface area (Å²) in [6.07, 6.45) is 12.2. The van der Waals surface area contributed by atoms with Crippen molar-refractivity contribution in [2.75, 3.05) is 0 Å². The van der Waals surface area contributed by atoms with Crippen molar-refractivity contribution in [3.05, 3.63) is 108 Å². The summed E-state index contributed by atoms with van der Waals surface area (Å²) in [6.45, 7) is 2.26. The van der Waals surface area contributed by atoms with Crippen LogP contribution in [0.3, 0.4) is 0 Å². The van der Waals surface area contributed by atoms with Crippen LogP contribution in [0.25, 0.3) is 0 Å². The van der Waals surface area contributed by atoms with Gasteiger partial charge in [-0.3, -0.25) is 4.79 Å². The van der Waals surface area contributed by atoms with Crippen LogP contribution in [0, 0.1) is 0 Å². The minimum absolute atomic E-state index is 0.152. The first kappa shape index (κ1) is 25.7. The second-order valence-corrected chi connectivity index (χ2v) is 9.43. The summed E-state index contributed by atoms with van der Waals surface area (Å²) in [5, 5.41) is 10.9. The lowest BCUT2D eigenvalue weighted by Gasteiger charge is -2.39. The third-order valence-corrected chi connectivity index (χ3v) is 7.12. The van der Waals surface area contributed by atoms with E-state index >= 15 is 0 Å². The van der Waals surface area contributed by atoms with Gasteiger partial charge in [-0.2, -0.15) is 0 Å². The zero-order valence-corrected chi connectivity index (χ0v) is 20.7. The average molecular weight is 457 g/mol. The van der Waals surface area contributed by atoms with Crippen LogP contribution in [0.5, 0.6) is 0 Å². The third-order valence-electron chi connectivity index (χ3n) is 7.12. The maximum atomic E-state index is 13.3. The molecule has 2 nitrogen and oxygen atoms in total. The highest BCUT2D eigenvalue weighted by molar-refractivity contribution is 5.87. The van der Waals surface area contributed by atoms with Crippen molar-refractivity contribution in [1.29, 1.82) is 0 Å². The normalized spacial score (nSPS) is 12.4. The fraction of sp³-hybridized carbons (Fsp3) is 0.406. The highest BCUT2D eigenvalue weighted by Crippen LogP contribution is 2.47. The molecule has 34 heavy (non-hydrogen) atoms. The first-order chi connectivity index (χ1) is 16.7. The molecule has 1 unspecified atom stereocenters. The van der Waals surface area contributed by atoms with Crippen molar-refractivity contribution in [3.63, 3.8) is 0 Å². The van der Waals surface area contributed by atoms with Crippen LogP contribution >= 0.6 is 0 Å². The van der Waals surface area contributed by atoms with Crippen molar-refractivity contribution in [2.45, 2.75) is 82.5 Å². The number of carboxylic acid groups (broad SMARTS) is 1. The van der Waals surface area contributed by atoms with Crippen LogP contribution < -0.4 is 0 Å². The maximum Gasteiger partial charge on any atom is 0.319 e. The predicted molar refractivity (Wildman–Crippen MR) is 142 cm³/mol. The molecule has 0 fully saturated rings. The first-order valence-corrected chi connectivity index (χ1v) is 13.1. The molecule has 0 amide bonds. The van der Waals surface area contributed by atoms with Gasteiger partial charge < -0.3 is 5.11 Å². The van der Waals surface area contributed by atoms with E-state index in [1.165, 1.54) is 44.9 Å². The van der Waals surface area contributed by atoms with E-state index in [9.17, 15) is 9.90 Å². The molecule has 0 spiro atoms. The van der Waals surface area contributed by atoms with Gasteiger partial charge in [-0.15, -0.1) is 0 Å². The molecule has 0 saturated heterocycles. The van der Waals surface area contributed by atoms with Gasteiger partial charge in [-0.25, -0.2) is 0 Å².